The van der Waals surface area contributed by atoms with Crippen LogP contribution in [0.4, 0.5) is 0 Å². The van der Waals surface area contributed by atoms with Gasteiger partial charge in [0.2, 0.25) is 5.91 Å². The largest absolute Gasteiger partial charge is 0.345 e. The molecular weight excluding hydrogens is 389 g/mol. The van der Waals surface area contributed by atoms with Crippen molar-refractivity contribution in [3.63, 3.8) is 0 Å². The van der Waals surface area contributed by atoms with E-state index in [0.717, 1.165) is 16.8 Å². The van der Waals surface area contributed by atoms with Crippen molar-refractivity contribution >= 4 is 41.8 Å². The zero-order valence-electron chi connectivity index (χ0n) is 16.9. The number of carbonyl (C=O) groups is 1. The van der Waals surface area contributed by atoms with E-state index in [9.17, 15) is 9.59 Å². The molecule has 1 amide bonds. The van der Waals surface area contributed by atoms with E-state index in [1.54, 1.807) is 16.6 Å². The Morgan fingerprint density at radius 3 is 2.44 bits per heavy atom. The van der Waals surface area contributed by atoms with Crippen molar-refractivity contribution < 1.29 is 4.79 Å². The molecular formula is C18H31Cl2N5O2. The van der Waals surface area contributed by atoms with E-state index >= 15 is 0 Å². The molecule has 0 saturated carbocycles. The molecule has 0 radical (unpaired) electrons. The van der Waals surface area contributed by atoms with Gasteiger partial charge in [0.1, 0.15) is 0 Å². The fourth-order valence-corrected chi connectivity index (χ4v) is 3.23. The zero-order chi connectivity index (χ0) is 18.9. The van der Waals surface area contributed by atoms with Gasteiger partial charge in [0, 0.05) is 32.8 Å². The van der Waals surface area contributed by atoms with Crippen LogP contribution in [0.25, 0.3) is 11.0 Å². The standard InChI is InChI=1S/C18H29N5O2.2ClH/c1-11-13(7-8-14(24)22(5)10-18(3,4)9-19)12(2)20-16-15(11)17(25)21-23(16)6;;/h7-10,19H2,1-6H3,(H,21,25);2*1H. The molecule has 7 nitrogen and oxygen atoms in total. The average molecular weight is 420 g/mol. The van der Waals surface area contributed by atoms with Crippen molar-refractivity contribution in [1.82, 2.24) is 19.7 Å². The first-order valence-electron chi connectivity index (χ1n) is 8.56. The van der Waals surface area contributed by atoms with Crippen LogP contribution in [0.3, 0.4) is 0 Å². The number of nitrogens with one attached hydrogen (secondary N) is 1. The molecule has 3 N–H and O–H groups in total. The predicted molar refractivity (Wildman–Crippen MR) is 114 cm³/mol. The van der Waals surface area contributed by atoms with Gasteiger partial charge in [-0.05, 0) is 43.4 Å². The highest BCUT2D eigenvalue weighted by Gasteiger charge is 2.22. The van der Waals surface area contributed by atoms with E-state index in [-0.39, 0.29) is 41.7 Å². The van der Waals surface area contributed by atoms with E-state index in [2.05, 4.69) is 10.1 Å². The lowest BCUT2D eigenvalue weighted by molar-refractivity contribution is -0.131. The minimum Gasteiger partial charge on any atom is -0.345 e. The van der Waals surface area contributed by atoms with Crippen molar-refractivity contribution in [2.24, 2.45) is 18.2 Å². The van der Waals surface area contributed by atoms with Gasteiger partial charge in [0.05, 0.1) is 5.39 Å². The van der Waals surface area contributed by atoms with Crippen molar-refractivity contribution in [2.75, 3.05) is 20.1 Å². The monoisotopic (exact) mass is 419 g/mol. The molecule has 0 aliphatic carbocycles. The van der Waals surface area contributed by atoms with Crippen LogP contribution in [0.2, 0.25) is 0 Å². The summed E-state index contributed by atoms with van der Waals surface area (Å²) >= 11 is 0. The van der Waals surface area contributed by atoms with Crippen LogP contribution in [0.1, 0.15) is 37.1 Å². The molecule has 0 aliphatic heterocycles. The molecule has 9 heteroatoms. The minimum atomic E-state index is -0.142. The molecule has 0 atom stereocenters. The van der Waals surface area contributed by atoms with Gasteiger partial charge < -0.3 is 10.6 Å². The van der Waals surface area contributed by atoms with Crippen molar-refractivity contribution in [3.8, 4) is 0 Å². The smallest absolute Gasteiger partial charge is 0.273 e. The Morgan fingerprint density at radius 1 is 1.30 bits per heavy atom. The molecule has 0 fully saturated rings. The molecule has 0 aromatic carbocycles. The second-order valence-corrected chi connectivity index (χ2v) is 7.62. The number of halogens is 2. The number of fused-ring (bicyclic) bond motifs is 1. The van der Waals surface area contributed by atoms with Gasteiger partial charge in [-0.1, -0.05) is 13.8 Å². The Morgan fingerprint density at radius 2 is 1.89 bits per heavy atom. The molecule has 0 aliphatic rings. The molecule has 2 aromatic heterocycles. The molecule has 2 rings (SSSR count). The molecule has 0 saturated heterocycles. The predicted octanol–water partition coefficient (Wildman–Crippen LogP) is 2.10. The summed E-state index contributed by atoms with van der Waals surface area (Å²) in [7, 11) is 3.58. The Bertz CT molecular complexity index is 858. The highest BCUT2D eigenvalue weighted by molar-refractivity contribution is 5.85. The zero-order valence-corrected chi connectivity index (χ0v) is 18.5. The summed E-state index contributed by atoms with van der Waals surface area (Å²) in [5.74, 6) is 0.0717. The summed E-state index contributed by atoms with van der Waals surface area (Å²) in [6, 6.07) is 0. The number of nitrogens with two attached hydrogens (primary N) is 1. The van der Waals surface area contributed by atoms with Crippen LogP contribution >= 0.6 is 24.8 Å². The maximum absolute atomic E-state index is 12.5. The SMILES string of the molecule is Cc1nc2c(c(C)c1CCC(=O)N(C)CC(C)(C)CN)c(=O)[nH]n2C.Cl.Cl. The number of carbonyl (C=O) groups excluding carboxylic acids is 1. The van der Waals surface area contributed by atoms with Crippen molar-refractivity contribution in [1.29, 1.82) is 0 Å². The average Bonchev–Trinajstić information content (AvgIpc) is 2.80. The van der Waals surface area contributed by atoms with E-state index in [1.807, 2.05) is 34.7 Å². The number of hydrogen-bond donors (Lipinski definition) is 2. The van der Waals surface area contributed by atoms with Gasteiger partial charge >= 0.3 is 0 Å². The molecule has 2 aromatic rings. The van der Waals surface area contributed by atoms with E-state index < -0.39 is 0 Å². The maximum atomic E-state index is 12.5. The van der Waals surface area contributed by atoms with Crippen LogP contribution < -0.4 is 11.3 Å². The fraction of sp³-hybridized carbons (Fsp3) is 0.611. The van der Waals surface area contributed by atoms with Crippen LogP contribution in [-0.2, 0) is 18.3 Å². The number of nitrogens with zero attached hydrogens (tertiary/aromatic N) is 3. The van der Waals surface area contributed by atoms with Gasteiger partial charge in [-0.3, -0.25) is 19.4 Å². The molecule has 0 unspecified atom stereocenters. The first-order chi connectivity index (χ1) is 11.6. The quantitative estimate of drug-likeness (QED) is 0.748. The molecule has 2 heterocycles. The third kappa shape index (κ3) is 5.46. The second kappa shape index (κ2) is 9.57. The maximum Gasteiger partial charge on any atom is 0.273 e. The number of amides is 1. The normalized spacial score (nSPS) is 11.1. The highest BCUT2D eigenvalue weighted by Crippen LogP contribution is 2.21. The van der Waals surface area contributed by atoms with E-state index in [0.29, 0.717) is 37.0 Å². The fourth-order valence-electron chi connectivity index (χ4n) is 3.23. The van der Waals surface area contributed by atoms with Gasteiger partial charge in [-0.25, -0.2) is 4.98 Å². The lowest BCUT2D eigenvalue weighted by atomic mass is 9.93. The number of aromatic nitrogens is 3. The Kier molecular flexibility index (Phi) is 9.02. The van der Waals surface area contributed by atoms with Crippen molar-refractivity contribution in [3.05, 3.63) is 27.2 Å². The third-order valence-electron chi connectivity index (χ3n) is 4.81. The highest BCUT2D eigenvalue weighted by atomic mass is 35.5. The Hall–Kier alpha value is -1.57. The van der Waals surface area contributed by atoms with Gasteiger partial charge in [0.25, 0.3) is 5.56 Å². The summed E-state index contributed by atoms with van der Waals surface area (Å²) in [5.41, 5.74) is 8.89. The van der Waals surface area contributed by atoms with Gasteiger partial charge in [-0.2, -0.15) is 0 Å². The summed E-state index contributed by atoms with van der Waals surface area (Å²) in [6.07, 6.45) is 0.956. The van der Waals surface area contributed by atoms with E-state index in [1.165, 1.54) is 0 Å². The molecule has 0 spiro atoms. The minimum absolute atomic E-state index is 0. The summed E-state index contributed by atoms with van der Waals surface area (Å²) in [5, 5.41) is 3.34. The lowest BCUT2D eigenvalue weighted by Crippen LogP contribution is -2.39. The summed E-state index contributed by atoms with van der Waals surface area (Å²) in [4.78, 5) is 30.9. The second-order valence-electron chi connectivity index (χ2n) is 7.62. The lowest BCUT2D eigenvalue weighted by Gasteiger charge is -2.29. The Balaban J connectivity index is 0.00000338. The van der Waals surface area contributed by atoms with Crippen LogP contribution in [-0.4, -0.2) is 45.7 Å². The third-order valence-corrected chi connectivity index (χ3v) is 4.81. The topological polar surface area (TPSA) is 97.0 Å². The van der Waals surface area contributed by atoms with Crippen LogP contribution in [0, 0.1) is 19.3 Å². The van der Waals surface area contributed by atoms with Crippen molar-refractivity contribution in [2.45, 2.75) is 40.5 Å². The van der Waals surface area contributed by atoms with Crippen LogP contribution in [0.15, 0.2) is 4.79 Å². The van der Waals surface area contributed by atoms with Gasteiger partial charge in [0.15, 0.2) is 5.65 Å². The Labute approximate surface area is 172 Å². The van der Waals surface area contributed by atoms with Crippen LogP contribution in [0.5, 0.6) is 0 Å². The number of rotatable bonds is 6. The number of H-pyrrole nitrogens is 1. The first-order valence-corrected chi connectivity index (χ1v) is 8.56. The number of aryl methyl sites for hydroxylation is 3. The van der Waals surface area contributed by atoms with E-state index in [4.69, 9.17) is 5.73 Å². The number of hydrogen-bond acceptors (Lipinski definition) is 4. The number of pyridine rings is 1. The number of aromatic amines is 1. The summed E-state index contributed by atoms with van der Waals surface area (Å²) < 4.78 is 1.63. The van der Waals surface area contributed by atoms with Gasteiger partial charge in [-0.15, -0.1) is 24.8 Å². The first kappa shape index (κ1) is 25.4. The summed E-state index contributed by atoms with van der Waals surface area (Å²) in [6.45, 7) is 9.09. The molecule has 154 valence electrons. The molecule has 27 heavy (non-hydrogen) atoms. The molecule has 0 bridgehead atoms.